The third-order valence-electron chi connectivity index (χ3n) is 4.20. The second-order valence-electron chi connectivity index (χ2n) is 6.56. The van der Waals surface area contributed by atoms with Crippen molar-refractivity contribution < 1.29 is 27.5 Å². The topological polar surface area (TPSA) is 55.4 Å². The first-order chi connectivity index (χ1) is 13.2. The van der Waals surface area contributed by atoms with Crippen LogP contribution >= 0.6 is 0 Å². The Balaban J connectivity index is 1.83. The first-order valence-electron chi connectivity index (χ1n) is 8.89. The number of halogens is 3. The molecule has 0 heterocycles. The van der Waals surface area contributed by atoms with Gasteiger partial charge in [-0.05, 0) is 56.5 Å². The summed E-state index contributed by atoms with van der Waals surface area (Å²) in [6, 6.07) is 13.4. The molecule has 1 N–H and O–H groups in total. The number of alkyl halides is 3. The molecule has 2 aromatic rings. The van der Waals surface area contributed by atoms with Crippen molar-refractivity contribution in [2.24, 2.45) is 0 Å². The lowest BCUT2D eigenvalue weighted by Crippen LogP contribution is -2.41. The van der Waals surface area contributed by atoms with Gasteiger partial charge in [0, 0.05) is 6.04 Å². The number of carbonyl (C=O) groups is 2. The number of carbonyl (C=O) groups excluding carboxylic acids is 2. The molecule has 2 atom stereocenters. The highest BCUT2D eigenvalue weighted by atomic mass is 19.4. The van der Waals surface area contributed by atoms with Gasteiger partial charge in [0.1, 0.15) is 0 Å². The molecule has 1 amide bonds. The highest BCUT2D eigenvalue weighted by Gasteiger charge is 2.30. The van der Waals surface area contributed by atoms with Crippen LogP contribution in [0.1, 0.15) is 41.8 Å². The molecule has 0 aliphatic rings. The van der Waals surface area contributed by atoms with Gasteiger partial charge in [0.05, 0.1) is 11.1 Å². The van der Waals surface area contributed by atoms with Gasteiger partial charge in [-0.1, -0.05) is 30.3 Å². The Labute approximate surface area is 161 Å². The van der Waals surface area contributed by atoms with Crippen LogP contribution in [0.15, 0.2) is 54.6 Å². The second kappa shape index (κ2) is 9.39. The molecule has 2 aromatic carbocycles. The standard InChI is InChI=1S/C21H22F3NO3/c1-14(8-9-16-6-4-3-5-7-16)25-19(26)15(2)28-20(27)17-10-12-18(13-11-17)21(22,23)24/h3-7,10-15H,8-9H2,1-2H3,(H,25,26)/t14-,15-/m1/s1. The van der Waals surface area contributed by atoms with Gasteiger partial charge in [0.15, 0.2) is 6.10 Å². The van der Waals surface area contributed by atoms with Crippen LogP contribution in [0.5, 0.6) is 0 Å². The molecule has 0 radical (unpaired) electrons. The molecule has 150 valence electrons. The van der Waals surface area contributed by atoms with Crippen molar-refractivity contribution in [3.63, 3.8) is 0 Å². The van der Waals surface area contributed by atoms with Crippen molar-refractivity contribution in [3.8, 4) is 0 Å². The van der Waals surface area contributed by atoms with E-state index in [-0.39, 0.29) is 11.6 Å². The van der Waals surface area contributed by atoms with Gasteiger partial charge in [0.25, 0.3) is 5.91 Å². The number of amides is 1. The zero-order chi connectivity index (χ0) is 20.7. The van der Waals surface area contributed by atoms with E-state index in [1.54, 1.807) is 0 Å². The van der Waals surface area contributed by atoms with E-state index in [1.165, 1.54) is 6.92 Å². The van der Waals surface area contributed by atoms with Gasteiger partial charge in [-0.3, -0.25) is 4.79 Å². The summed E-state index contributed by atoms with van der Waals surface area (Å²) in [6.45, 7) is 3.27. The van der Waals surface area contributed by atoms with Crippen molar-refractivity contribution in [1.29, 1.82) is 0 Å². The molecule has 0 aliphatic carbocycles. The summed E-state index contributed by atoms with van der Waals surface area (Å²) in [5.74, 6) is -1.31. The van der Waals surface area contributed by atoms with Crippen LogP contribution in [0.2, 0.25) is 0 Å². The number of esters is 1. The van der Waals surface area contributed by atoms with E-state index in [9.17, 15) is 22.8 Å². The summed E-state index contributed by atoms with van der Waals surface area (Å²) in [5.41, 5.74) is 0.247. The van der Waals surface area contributed by atoms with Crippen molar-refractivity contribution in [1.82, 2.24) is 5.32 Å². The summed E-state index contributed by atoms with van der Waals surface area (Å²) in [5, 5.41) is 2.77. The van der Waals surface area contributed by atoms with Crippen molar-refractivity contribution in [3.05, 3.63) is 71.3 Å². The van der Waals surface area contributed by atoms with E-state index in [4.69, 9.17) is 4.74 Å². The van der Waals surface area contributed by atoms with Gasteiger partial charge in [-0.2, -0.15) is 13.2 Å². The van der Waals surface area contributed by atoms with Gasteiger partial charge in [-0.25, -0.2) is 4.79 Å². The number of hydrogen-bond acceptors (Lipinski definition) is 3. The Morgan fingerprint density at radius 2 is 1.61 bits per heavy atom. The average Bonchev–Trinajstić information content (AvgIpc) is 2.66. The van der Waals surface area contributed by atoms with Crippen LogP contribution in [0.25, 0.3) is 0 Å². The Morgan fingerprint density at radius 3 is 2.18 bits per heavy atom. The van der Waals surface area contributed by atoms with Crippen LogP contribution in [0, 0.1) is 0 Å². The lowest BCUT2D eigenvalue weighted by molar-refractivity contribution is -0.137. The normalized spacial score (nSPS) is 13.5. The molecule has 0 saturated heterocycles. The molecule has 4 nitrogen and oxygen atoms in total. The monoisotopic (exact) mass is 393 g/mol. The molecule has 0 fully saturated rings. The number of rotatable bonds is 7. The molecule has 0 aliphatic heterocycles. The molecule has 28 heavy (non-hydrogen) atoms. The van der Waals surface area contributed by atoms with Crippen LogP contribution < -0.4 is 5.32 Å². The Bertz CT molecular complexity index is 789. The third-order valence-corrected chi connectivity index (χ3v) is 4.20. The molecule has 7 heteroatoms. The molecular weight excluding hydrogens is 371 g/mol. The number of ether oxygens (including phenoxy) is 1. The van der Waals surface area contributed by atoms with Gasteiger partial charge in [-0.15, -0.1) is 0 Å². The molecule has 0 unspecified atom stereocenters. The minimum atomic E-state index is -4.48. The Hall–Kier alpha value is -2.83. The fourth-order valence-electron chi connectivity index (χ4n) is 2.54. The lowest BCUT2D eigenvalue weighted by atomic mass is 10.1. The lowest BCUT2D eigenvalue weighted by Gasteiger charge is -2.18. The predicted molar refractivity (Wildman–Crippen MR) is 98.7 cm³/mol. The van der Waals surface area contributed by atoms with Gasteiger partial charge >= 0.3 is 12.1 Å². The highest BCUT2D eigenvalue weighted by molar-refractivity contribution is 5.92. The van der Waals surface area contributed by atoms with Crippen LogP contribution in [0.3, 0.4) is 0 Å². The maximum absolute atomic E-state index is 12.6. The minimum Gasteiger partial charge on any atom is -0.449 e. The van der Waals surface area contributed by atoms with E-state index < -0.39 is 29.7 Å². The number of aryl methyl sites for hydroxylation is 1. The van der Waals surface area contributed by atoms with Crippen LogP contribution in [-0.4, -0.2) is 24.0 Å². The fourth-order valence-corrected chi connectivity index (χ4v) is 2.54. The zero-order valence-electron chi connectivity index (χ0n) is 15.6. The molecule has 0 saturated carbocycles. The molecular formula is C21H22F3NO3. The molecule has 2 rings (SSSR count). The Morgan fingerprint density at radius 1 is 1.00 bits per heavy atom. The summed E-state index contributed by atoms with van der Waals surface area (Å²) in [6.07, 6.45) is -4.03. The van der Waals surface area contributed by atoms with Gasteiger partial charge < -0.3 is 10.1 Å². The Kier molecular flexibility index (Phi) is 7.20. The van der Waals surface area contributed by atoms with E-state index in [0.717, 1.165) is 42.7 Å². The number of nitrogens with one attached hydrogen (secondary N) is 1. The third kappa shape index (κ3) is 6.40. The largest absolute Gasteiger partial charge is 0.449 e. The maximum Gasteiger partial charge on any atom is 0.416 e. The number of benzene rings is 2. The number of hydrogen-bond donors (Lipinski definition) is 1. The minimum absolute atomic E-state index is 0.0511. The fraction of sp³-hybridized carbons (Fsp3) is 0.333. The smallest absolute Gasteiger partial charge is 0.416 e. The van der Waals surface area contributed by atoms with Crippen LogP contribution in [-0.2, 0) is 22.1 Å². The quantitative estimate of drug-likeness (QED) is 0.710. The molecule has 0 bridgehead atoms. The first kappa shape index (κ1) is 21.5. The summed E-state index contributed by atoms with van der Waals surface area (Å²) >= 11 is 0. The summed E-state index contributed by atoms with van der Waals surface area (Å²) in [7, 11) is 0. The predicted octanol–water partition coefficient (Wildman–Crippen LogP) is 4.39. The maximum atomic E-state index is 12.6. The van der Waals surface area contributed by atoms with Crippen LogP contribution in [0.4, 0.5) is 13.2 Å². The van der Waals surface area contributed by atoms with E-state index >= 15 is 0 Å². The molecule has 0 aromatic heterocycles. The van der Waals surface area contributed by atoms with Crippen molar-refractivity contribution in [2.75, 3.05) is 0 Å². The van der Waals surface area contributed by atoms with E-state index in [1.807, 2.05) is 37.3 Å². The first-order valence-corrected chi connectivity index (χ1v) is 8.89. The highest BCUT2D eigenvalue weighted by Crippen LogP contribution is 2.29. The van der Waals surface area contributed by atoms with Gasteiger partial charge in [0.2, 0.25) is 0 Å². The summed E-state index contributed by atoms with van der Waals surface area (Å²) < 4.78 is 42.7. The average molecular weight is 393 g/mol. The summed E-state index contributed by atoms with van der Waals surface area (Å²) in [4.78, 5) is 24.2. The van der Waals surface area contributed by atoms with Crippen molar-refractivity contribution in [2.45, 2.75) is 45.0 Å². The molecule has 0 spiro atoms. The van der Waals surface area contributed by atoms with Crippen molar-refractivity contribution >= 4 is 11.9 Å². The van der Waals surface area contributed by atoms with E-state index in [0.29, 0.717) is 0 Å². The zero-order valence-corrected chi connectivity index (χ0v) is 15.6. The SMILES string of the molecule is C[C@H](CCc1ccccc1)NC(=O)[C@@H](C)OC(=O)c1ccc(C(F)(F)F)cc1. The van der Waals surface area contributed by atoms with E-state index in [2.05, 4.69) is 5.32 Å². The second-order valence-corrected chi connectivity index (χ2v) is 6.56.